The van der Waals surface area contributed by atoms with Gasteiger partial charge in [0.2, 0.25) is 5.91 Å². The van der Waals surface area contributed by atoms with Crippen LogP contribution in [0.25, 0.3) is 0 Å². The molecular weight excluding hydrogens is 244 g/mol. The first-order valence-corrected chi connectivity index (χ1v) is 7.40. The van der Waals surface area contributed by atoms with Crippen LogP contribution in [0.3, 0.4) is 0 Å². The Hall–Kier alpha value is -0.650. The molecule has 5 heteroatoms. The third-order valence-electron chi connectivity index (χ3n) is 4.36. The van der Waals surface area contributed by atoms with Crippen LogP contribution in [-0.2, 0) is 14.3 Å². The molecule has 5 nitrogen and oxygen atoms in total. The van der Waals surface area contributed by atoms with Gasteiger partial charge in [-0.15, -0.1) is 0 Å². The lowest BCUT2D eigenvalue weighted by Crippen LogP contribution is -2.53. The topological polar surface area (TPSA) is 73.6 Å². The number of likely N-dealkylation sites (N-methyl/N-ethyl adjacent to an activating group) is 1. The zero-order chi connectivity index (χ0) is 13.7. The SMILES string of the molecule is CCNC1(C(N)=O)CCC(OCC2CCOCC2)C1. The molecule has 0 aromatic heterocycles. The summed E-state index contributed by atoms with van der Waals surface area (Å²) in [6, 6.07) is 0. The van der Waals surface area contributed by atoms with E-state index >= 15 is 0 Å². The number of primary amides is 1. The molecule has 0 aromatic rings. The number of nitrogens with two attached hydrogens (primary N) is 1. The molecule has 3 N–H and O–H groups in total. The van der Waals surface area contributed by atoms with E-state index < -0.39 is 5.54 Å². The van der Waals surface area contributed by atoms with E-state index in [0.717, 1.165) is 52.0 Å². The van der Waals surface area contributed by atoms with Crippen LogP contribution in [0.2, 0.25) is 0 Å². The highest BCUT2D eigenvalue weighted by Crippen LogP contribution is 2.32. The molecule has 0 radical (unpaired) electrons. The average molecular weight is 270 g/mol. The molecular formula is C14H26N2O3. The van der Waals surface area contributed by atoms with Crippen LogP contribution >= 0.6 is 0 Å². The Morgan fingerprint density at radius 2 is 2.16 bits per heavy atom. The van der Waals surface area contributed by atoms with Crippen molar-refractivity contribution in [1.82, 2.24) is 5.32 Å². The van der Waals surface area contributed by atoms with Gasteiger partial charge in [0.05, 0.1) is 6.10 Å². The summed E-state index contributed by atoms with van der Waals surface area (Å²) in [6.07, 6.45) is 4.74. The van der Waals surface area contributed by atoms with Crippen molar-refractivity contribution in [3.63, 3.8) is 0 Å². The Bertz CT molecular complexity index is 305. The van der Waals surface area contributed by atoms with E-state index in [1.165, 1.54) is 0 Å². The van der Waals surface area contributed by atoms with Crippen LogP contribution in [0.15, 0.2) is 0 Å². The first-order chi connectivity index (χ1) is 9.16. The largest absolute Gasteiger partial charge is 0.381 e. The summed E-state index contributed by atoms with van der Waals surface area (Å²) >= 11 is 0. The van der Waals surface area contributed by atoms with Crippen molar-refractivity contribution < 1.29 is 14.3 Å². The van der Waals surface area contributed by atoms with Crippen LogP contribution in [0.4, 0.5) is 0 Å². The molecule has 1 aliphatic heterocycles. The number of rotatable bonds is 6. The van der Waals surface area contributed by atoms with Crippen molar-refractivity contribution in [3.8, 4) is 0 Å². The quantitative estimate of drug-likeness (QED) is 0.749. The van der Waals surface area contributed by atoms with Crippen molar-refractivity contribution in [2.45, 2.75) is 50.7 Å². The van der Waals surface area contributed by atoms with Gasteiger partial charge in [0.15, 0.2) is 0 Å². The van der Waals surface area contributed by atoms with E-state index in [9.17, 15) is 4.79 Å². The van der Waals surface area contributed by atoms with Crippen LogP contribution in [-0.4, -0.2) is 43.9 Å². The molecule has 1 amide bonds. The fraction of sp³-hybridized carbons (Fsp3) is 0.929. The molecule has 2 unspecified atom stereocenters. The summed E-state index contributed by atoms with van der Waals surface area (Å²) in [4.78, 5) is 11.7. The van der Waals surface area contributed by atoms with Gasteiger partial charge in [0.1, 0.15) is 5.54 Å². The normalized spacial score (nSPS) is 32.6. The summed E-state index contributed by atoms with van der Waals surface area (Å²) in [7, 11) is 0. The molecule has 110 valence electrons. The summed E-state index contributed by atoms with van der Waals surface area (Å²) in [5.41, 5.74) is 5.00. The van der Waals surface area contributed by atoms with Gasteiger partial charge in [-0.3, -0.25) is 4.79 Å². The average Bonchev–Trinajstić information content (AvgIpc) is 2.83. The van der Waals surface area contributed by atoms with E-state index in [0.29, 0.717) is 12.3 Å². The van der Waals surface area contributed by atoms with E-state index in [1.54, 1.807) is 0 Å². The highest BCUT2D eigenvalue weighted by molar-refractivity contribution is 5.85. The second-order valence-corrected chi connectivity index (χ2v) is 5.73. The lowest BCUT2D eigenvalue weighted by molar-refractivity contribution is -0.124. The molecule has 1 aliphatic carbocycles. The van der Waals surface area contributed by atoms with Gasteiger partial charge in [0.25, 0.3) is 0 Å². The van der Waals surface area contributed by atoms with Gasteiger partial charge in [-0.25, -0.2) is 0 Å². The molecule has 0 aromatic carbocycles. The molecule has 19 heavy (non-hydrogen) atoms. The molecule has 2 atom stereocenters. The van der Waals surface area contributed by atoms with Crippen LogP contribution < -0.4 is 11.1 Å². The van der Waals surface area contributed by atoms with Gasteiger partial charge >= 0.3 is 0 Å². The van der Waals surface area contributed by atoms with Gasteiger partial charge in [-0.1, -0.05) is 6.92 Å². The monoisotopic (exact) mass is 270 g/mol. The molecule has 0 spiro atoms. The molecule has 2 aliphatic rings. The van der Waals surface area contributed by atoms with E-state index in [-0.39, 0.29) is 12.0 Å². The minimum absolute atomic E-state index is 0.161. The number of carbonyl (C=O) groups excluding carboxylic acids is 1. The molecule has 2 rings (SSSR count). The molecule has 0 bridgehead atoms. The van der Waals surface area contributed by atoms with E-state index in [4.69, 9.17) is 15.2 Å². The van der Waals surface area contributed by atoms with Crippen molar-refractivity contribution >= 4 is 5.91 Å². The number of hydrogen-bond donors (Lipinski definition) is 2. The molecule has 2 fully saturated rings. The van der Waals surface area contributed by atoms with Crippen LogP contribution in [0.5, 0.6) is 0 Å². The number of amides is 1. The van der Waals surface area contributed by atoms with Gasteiger partial charge in [-0.2, -0.15) is 0 Å². The standard InChI is InChI=1S/C14H26N2O3/c1-2-16-14(13(15)17)6-3-12(9-14)19-10-11-4-7-18-8-5-11/h11-12,16H,2-10H2,1H3,(H2,15,17). The zero-order valence-corrected chi connectivity index (χ0v) is 11.8. The van der Waals surface area contributed by atoms with Gasteiger partial charge in [-0.05, 0) is 38.1 Å². The second-order valence-electron chi connectivity index (χ2n) is 5.73. The second kappa shape index (κ2) is 6.68. The lowest BCUT2D eigenvalue weighted by atomic mass is 9.96. The van der Waals surface area contributed by atoms with Crippen molar-refractivity contribution in [2.24, 2.45) is 11.7 Å². The summed E-state index contributed by atoms with van der Waals surface area (Å²) < 4.78 is 11.3. The third kappa shape index (κ3) is 3.68. The predicted molar refractivity (Wildman–Crippen MR) is 72.7 cm³/mol. The lowest BCUT2D eigenvalue weighted by Gasteiger charge is -2.27. The maximum Gasteiger partial charge on any atom is 0.237 e. The molecule has 1 heterocycles. The van der Waals surface area contributed by atoms with Crippen molar-refractivity contribution in [1.29, 1.82) is 0 Å². The van der Waals surface area contributed by atoms with Crippen molar-refractivity contribution in [3.05, 3.63) is 0 Å². The fourth-order valence-electron chi connectivity index (χ4n) is 3.14. The Kier molecular flexibility index (Phi) is 5.19. The molecule has 1 saturated heterocycles. The van der Waals surface area contributed by atoms with E-state index in [2.05, 4.69) is 5.32 Å². The third-order valence-corrected chi connectivity index (χ3v) is 4.36. The number of nitrogens with one attached hydrogen (secondary N) is 1. The first kappa shape index (κ1) is 14.8. The van der Waals surface area contributed by atoms with Crippen molar-refractivity contribution in [2.75, 3.05) is 26.4 Å². The van der Waals surface area contributed by atoms with E-state index in [1.807, 2.05) is 6.92 Å². The predicted octanol–water partition coefficient (Wildman–Crippen LogP) is 0.816. The highest BCUT2D eigenvalue weighted by atomic mass is 16.5. The van der Waals surface area contributed by atoms with Crippen LogP contribution in [0, 0.1) is 5.92 Å². The Labute approximate surface area is 115 Å². The first-order valence-electron chi connectivity index (χ1n) is 7.40. The Balaban J connectivity index is 1.78. The number of carbonyl (C=O) groups is 1. The Morgan fingerprint density at radius 1 is 1.42 bits per heavy atom. The maximum atomic E-state index is 11.7. The fourth-order valence-corrected chi connectivity index (χ4v) is 3.14. The highest BCUT2D eigenvalue weighted by Gasteiger charge is 2.43. The van der Waals surface area contributed by atoms with Gasteiger partial charge < -0.3 is 20.5 Å². The smallest absolute Gasteiger partial charge is 0.237 e. The summed E-state index contributed by atoms with van der Waals surface area (Å²) in [5.74, 6) is 0.364. The van der Waals surface area contributed by atoms with Crippen LogP contribution in [0.1, 0.15) is 39.0 Å². The minimum Gasteiger partial charge on any atom is -0.381 e. The van der Waals surface area contributed by atoms with Gasteiger partial charge in [0, 0.05) is 26.2 Å². The number of ether oxygens (including phenoxy) is 2. The summed E-state index contributed by atoms with van der Waals surface area (Å²) in [6.45, 7) is 5.24. The summed E-state index contributed by atoms with van der Waals surface area (Å²) in [5, 5.41) is 3.25. The zero-order valence-electron chi connectivity index (χ0n) is 11.8. The maximum absolute atomic E-state index is 11.7. The minimum atomic E-state index is -0.547. The molecule has 1 saturated carbocycles. The Morgan fingerprint density at radius 3 is 2.79 bits per heavy atom. The number of hydrogen-bond acceptors (Lipinski definition) is 4.